The van der Waals surface area contributed by atoms with Crippen molar-refractivity contribution in [3.63, 3.8) is 0 Å². The van der Waals surface area contributed by atoms with Crippen molar-refractivity contribution in [1.82, 2.24) is 0 Å². The lowest BCUT2D eigenvalue weighted by Crippen LogP contribution is -2.15. The van der Waals surface area contributed by atoms with Crippen LogP contribution in [0.5, 0.6) is 0 Å². The first-order valence-corrected chi connectivity index (χ1v) is 22.8. The van der Waals surface area contributed by atoms with Gasteiger partial charge in [0.1, 0.15) is 11.2 Å². The van der Waals surface area contributed by atoms with Crippen LogP contribution < -0.4 is 4.90 Å². The minimum absolute atomic E-state index is 0.120. The van der Waals surface area contributed by atoms with E-state index >= 15 is 0 Å². The Balaban J connectivity index is 1.15. The van der Waals surface area contributed by atoms with Crippen LogP contribution in [0.2, 0.25) is 0 Å². The van der Waals surface area contributed by atoms with Crippen LogP contribution >= 0.6 is 0 Å². The average molecular weight is 812 g/mol. The highest BCUT2D eigenvalue weighted by Gasteiger charge is 2.37. The lowest BCUT2D eigenvalue weighted by Gasteiger charge is -2.32. The molecule has 12 rings (SSSR count). The van der Waals surface area contributed by atoms with Gasteiger partial charge in [-0.15, -0.1) is 0 Å². The van der Waals surface area contributed by atoms with Crippen molar-refractivity contribution in [2.24, 2.45) is 0 Å². The van der Waals surface area contributed by atoms with E-state index in [9.17, 15) is 0 Å². The molecular weight excluding hydrogens is 763 g/mol. The molecule has 1 saturated carbocycles. The molecule has 0 saturated heterocycles. The second-order valence-electron chi connectivity index (χ2n) is 18.2. The van der Waals surface area contributed by atoms with Gasteiger partial charge in [0.05, 0.1) is 17.1 Å². The van der Waals surface area contributed by atoms with Crippen LogP contribution in [-0.4, -0.2) is 0 Å². The zero-order chi connectivity index (χ0) is 42.1. The molecule has 0 radical (unpaired) electrons. The van der Waals surface area contributed by atoms with Crippen molar-refractivity contribution in [2.75, 3.05) is 4.90 Å². The van der Waals surface area contributed by atoms with Crippen molar-refractivity contribution in [3.05, 3.63) is 211 Å². The van der Waals surface area contributed by atoms with Gasteiger partial charge >= 0.3 is 0 Å². The van der Waals surface area contributed by atoms with Crippen molar-refractivity contribution < 1.29 is 4.42 Å². The van der Waals surface area contributed by atoms with Crippen LogP contribution in [0.4, 0.5) is 17.1 Å². The van der Waals surface area contributed by atoms with Crippen molar-refractivity contribution in [1.29, 1.82) is 0 Å². The molecule has 9 aromatic carbocycles. The second-order valence-corrected chi connectivity index (χ2v) is 18.2. The highest BCUT2D eigenvalue weighted by Crippen LogP contribution is 2.55. The number of furan rings is 1. The summed E-state index contributed by atoms with van der Waals surface area (Å²) in [5, 5.41) is 4.94. The number of anilines is 3. The smallest absolute Gasteiger partial charge is 0.143 e. The van der Waals surface area contributed by atoms with Gasteiger partial charge in [-0.25, -0.2) is 0 Å². The number of hydrogen-bond donors (Lipinski definition) is 0. The van der Waals surface area contributed by atoms with E-state index in [1.165, 1.54) is 92.9 Å². The Morgan fingerprint density at radius 3 is 1.68 bits per heavy atom. The van der Waals surface area contributed by atoms with E-state index in [4.69, 9.17) is 4.42 Å². The molecule has 2 heteroatoms. The van der Waals surface area contributed by atoms with Crippen LogP contribution in [0.1, 0.15) is 68.6 Å². The number of nitrogens with zero attached hydrogens (tertiary/aromatic N) is 1. The molecule has 0 bridgehead atoms. The highest BCUT2D eigenvalue weighted by atomic mass is 16.3. The zero-order valence-corrected chi connectivity index (χ0v) is 35.9. The van der Waals surface area contributed by atoms with Crippen LogP contribution in [-0.2, 0) is 5.41 Å². The summed E-state index contributed by atoms with van der Waals surface area (Å²) in [4.78, 5) is 2.55. The topological polar surface area (TPSA) is 16.4 Å². The van der Waals surface area contributed by atoms with E-state index in [-0.39, 0.29) is 5.41 Å². The maximum Gasteiger partial charge on any atom is 0.143 e. The van der Waals surface area contributed by atoms with Gasteiger partial charge in [0.2, 0.25) is 0 Å². The second kappa shape index (κ2) is 15.0. The van der Waals surface area contributed by atoms with Gasteiger partial charge in [0.25, 0.3) is 0 Å². The van der Waals surface area contributed by atoms with E-state index < -0.39 is 0 Å². The normalized spacial score (nSPS) is 14.6. The fourth-order valence-corrected chi connectivity index (χ4v) is 11.4. The molecule has 2 nitrogen and oxygen atoms in total. The Labute approximate surface area is 370 Å². The quantitative estimate of drug-likeness (QED) is 0.159. The monoisotopic (exact) mass is 811 g/mol. The van der Waals surface area contributed by atoms with Gasteiger partial charge in [0.15, 0.2) is 0 Å². The summed E-state index contributed by atoms with van der Waals surface area (Å²) in [6.07, 6.45) is 6.42. The van der Waals surface area contributed by atoms with E-state index in [1.807, 2.05) is 0 Å². The Morgan fingerprint density at radius 2 is 0.937 bits per heavy atom. The maximum atomic E-state index is 6.77. The molecule has 10 aromatic rings. The first kappa shape index (κ1) is 37.6. The Hall–Kier alpha value is -7.16. The summed E-state index contributed by atoms with van der Waals surface area (Å²) < 4.78 is 6.77. The highest BCUT2D eigenvalue weighted by molar-refractivity contribution is 6.12. The standard InChI is InChI=1S/C61H49NO/c1-61(2)52-34-11-6-28-51(52)59-48(31-19-35-53(59)61)44-25-8-13-37-55(44)62(56-38-14-9-26-45(56)49-32-18-33-50-46-27-10-15-39-57(46)63-60(49)50)54-36-12-7-24-43(54)47-30-17-23-41-22-16-29-42(58(41)47)40-20-4-3-5-21-40/h6-19,22-40H,3-5,20-21H2,1-2H3. The molecule has 1 heterocycles. The van der Waals surface area contributed by atoms with Crippen molar-refractivity contribution >= 4 is 49.8 Å². The first-order chi connectivity index (χ1) is 31.1. The number of fused-ring (bicyclic) bond motifs is 7. The SMILES string of the molecule is CC1(C)c2ccccc2-c2c(-c3ccccc3N(c3ccccc3-c3cccc4c3oc3ccccc34)c3ccccc3-c3cccc4cccc(C5CCCCC5)c34)cccc21. The minimum atomic E-state index is -0.120. The van der Waals surface area contributed by atoms with E-state index in [2.05, 4.69) is 213 Å². The molecule has 63 heavy (non-hydrogen) atoms. The third kappa shape index (κ3) is 5.99. The molecule has 0 unspecified atom stereocenters. The van der Waals surface area contributed by atoms with Crippen LogP contribution in [0.15, 0.2) is 199 Å². The third-order valence-corrected chi connectivity index (χ3v) is 14.3. The number of benzene rings is 9. The van der Waals surface area contributed by atoms with Gasteiger partial charge in [-0.3, -0.25) is 0 Å². The summed E-state index contributed by atoms with van der Waals surface area (Å²) in [5.41, 5.74) is 19.0. The summed E-state index contributed by atoms with van der Waals surface area (Å²) in [6.45, 7) is 4.74. The molecule has 0 spiro atoms. The predicted octanol–water partition coefficient (Wildman–Crippen LogP) is 17.6. The van der Waals surface area contributed by atoms with Gasteiger partial charge in [-0.2, -0.15) is 0 Å². The molecule has 1 fully saturated rings. The van der Waals surface area contributed by atoms with Crippen molar-refractivity contribution in [3.8, 4) is 44.5 Å². The van der Waals surface area contributed by atoms with Crippen molar-refractivity contribution in [2.45, 2.75) is 57.3 Å². The minimum Gasteiger partial charge on any atom is -0.455 e. The summed E-state index contributed by atoms with van der Waals surface area (Å²) in [7, 11) is 0. The van der Waals surface area contributed by atoms with Gasteiger partial charge < -0.3 is 9.32 Å². The first-order valence-electron chi connectivity index (χ1n) is 22.8. The Morgan fingerprint density at radius 1 is 0.429 bits per heavy atom. The number of para-hydroxylation sites is 5. The molecule has 0 amide bonds. The van der Waals surface area contributed by atoms with Gasteiger partial charge in [-0.05, 0) is 92.7 Å². The molecule has 2 aliphatic carbocycles. The van der Waals surface area contributed by atoms with Crippen LogP contribution in [0.25, 0.3) is 77.2 Å². The average Bonchev–Trinajstić information content (AvgIpc) is 3.84. The molecule has 2 aliphatic rings. The Kier molecular flexibility index (Phi) is 8.97. The van der Waals surface area contributed by atoms with Gasteiger partial charge in [0, 0.05) is 38.4 Å². The number of rotatable bonds is 7. The Bertz CT molecular complexity index is 3370. The van der Waals surface area contributed by atoms with Crippen LogP contribution in [0, 0.1) is 0 Å². The van der Waals surface area contributed by atoms with E-state index in [0.717, 1.165) is 50.1 Å². The maximum absolute atomic E-state index is 6.77. The van der Waals surface area contributed by atoms with Gasteiger partial charge in [-0.1, -0.05) is 203 Å². The molecule has 0 aliphatic heterocycles. The lowest BCUT2D eigenvalue weighted by molar-refractivity contribution is 0.445. The van der Waals surface area contributed by atoms with E-state index in [1.54, 1.807) is 0 Å². The fourth-order valence-electron chi connectivity index (χ4n) is 11.4. The molecule has 1 aromatic heterocycles. The predicted molar refractivity (Wildman–Crippen MR) is 266 cm³/mol. The summed E-state index contributed by atoms with van der Waals surface area (Å²) >= 11 is 0. The molecular formula is C61H49NO. The number of hydrogen-bond acceptors (Lipinski definition) is 2. The van der Waals surface area contributed by atoms with E-state index in [0.29, 0.717) is 5.92 Å². The third-order valence-electron chi connectivity index (χ3n) is 14.3. The molecule has 0 N–H and O–H groups in total. The largest absolute Gasteiger partial charge is 0.455 e. The summed E-state index contributed by atoms with van der Waals surface area (Å²) in [5.74, 6) is 0.560. The molecule has 0 atom stereocenters. The lowest BCUT2D eigenvalue weighted by atomic mass is 9.80. The zero-order valence-electron chi connectivity index (χ0n) is 35.9. The fraction of sp³-hybridized carbons (Fsp3) is 0.148. The summed E-state index contributed by atoms with van der Waals surface area (Å²) in [6, 6.07) is 71.9. The molecule has 304 valence electrons. The van der Waals surface area contributed by atoms with Crippen LogP contribution in [0.3, 0.4) is 0 Å².